The Bertz CT molecular complexity index is 727. The monoisotopic (exact) mass is 391 g/mol. The number of amides is 1. The molecule has 2 aromatic rings. The van der Waals surface area contributed by atoms with E-state index >= 15 is 0 Å². The normalized spacial score (nSPS) is 16.8. The number of aromatic nitrogens is 2. The second-order valence-electron chi connectivity index (χ2n) is 7.01. The SMILES string of the molecule is CCN(C)Cc1cccc(CNC(=O)c2ccn(C3CCCNC3)n2)c1.Cl. The van der Waals surface area contributed by atoms with Crippen LogP contribution in [0.1, 0.15) is 47.4 Å². The van der Waals surface area contributed by atoms with Gasteiger partial charge in [-0.15, -0.1) is 12.4 Å². The van der Waals surface area contributed by atoms with Gasteiger partial charge in [0.1, 0.15) is 5.69 Å². The highest BCUT2D eigenvalue weighted by Crippen LogP contribution is 2.15. The predicted molar refractivity (Wildman–Crippen MR) is 110 cm³/mol. The zero-order chi connectivity index (χ0) is 18.4. The summed E-state index contributed by atoms with van der Waals surface area (Å²) in [5, 5.41) is 10.8. The second kappa shape index (κ2) is 10.4. The second-order valence-corrected chi connectivity index (χ2v) is 7.01. The molecule has 1 atom stereocenters. The fraction of sp³-hybridized carbons (Fsp3) is 0.500. The minimum absolute atomic E-state index is 0. The fourth-order valence-corrected chi connectivity index (χ4v) is 3.26. The summed E-state index contributed by atoms with van der Waals surface area (Å²) < 4.78 is 1.92. The molecule has 1 aliphatic heterocycles. The standard InChI is InChI=1S/C20H29N5O.ClH/c1-3-24(2)15-17-7-4-6-16(12-17)13-22-20(26)19-9-11-25(23-19)18-8-5-10-21-14-18;/h4,6-7,9,11-12,18,21H,3,5,8,10,13-15H2,1-2H3,(H,22,26);1H. The third-order valence-electron chi connectivity index (χ3n) is 4.92. The van der Waals surface area contributed by atoms with Crippen LogP contribution in [0.4, 0.5) is 0 Å². The highest BCUT2D eigenvalue weighted by Gasteiger charge is 2.17. The number of hydrogen-bond acceptors (Lipinski definition) is 4. The predicted octanol–water partition coefficient (Wildman–Crippen LogP) is 2.61. The number of benzene rings is 1. The lowest BCUT2D eigenvalue weighted by molar-refractivity contribution is 0.0944. The van der Waals surface area contributed by atoms with Crippen LogP contribution in [0, 0.1) is 0 Å². The Morgan fingerprint density at radius 3 is 2.93 bits per heavy atom. The molecule has 148 valence electrons. The van der Waals surface area contributed by atoms with Gasteiger partial charge < -0.3 is 15.5 Å². The average molecular weight is 392 g/mol. The largest absolute Gasteiger partial charge is 0.347 e. The molecular weight excluding hydrogens is 362 g/mol. The molecule has 1 fully saturated rings. The van der Waals surface area contributed by atoms with Crippen molar-refractivity contribution in [3.05, 3.63) is 53.3 Å². The van der Waals surface area contributed by atoms with Crippen LogP contribution >= 0.6 is 12.4 Å². The number of rotatable bonds is 7. The molecule has 1 aromatic heterocycles. The van der Waals surface area contributed by atoms with Crippen LogP contribution in [0.2, 0.25) is 0 Å². The molecule has 0 saturated carbocycles. The van der Waals surface area contributed by atoms with Crippen molar-refractivity contribution in [3.63, 3.8) is 0 Å². The lowest BCUT2D eigenvalue weighted by Crippen LogP contribution is -2.32. The van der Waals surface area contributed by atoms with Gasteiger partial charge in [-0.3, -0.25) is 9.48 Å². The molecule has 6 nitrogen and oxygen atoms in total. The quantitative estimate of drug-likeness (QED) is 0.761. The first-order chi connectivity index (χ1) is 12.7. The summed E-state index contributed by atoms with van der Waals surface area (Å²) in [7, 11) is 2.10. The van der Waals surface area contributed by atoms with Crippen LogP contribution in [0.3, 0.4) is 0 Å². The van der Waals surface area contributed by atoms with Gasteiger partial charge in [-0.2, -0.15) is 5.10 Å². The van der Waals surface area contributed by atoms with Gasteiger partial charge in [0.05, 0.1) is 6.04 Å². The molecule has 1 amide bonds. The van der Waals surface area contributed by atoms with Crippen molar-refractivity contribution in [1.82, 2.24) is 25.3 Å². The van der Waals surface area contributed by atoms with Gasteiger partial charge in [0.25, 0.3) is 5.91 Å². The zero-order valence-electron chi connectivity index (χ0n) is 16.1. The average Bonchev–Trinajstić information content (AvgIpc) is 3.17. The van der Waals surface area contributed by atoms with E-state index in [1.54, 1.807) is 6.07 Å². The maximum atomic E-state index is 12.4. The van der Waals surface area contributed by atoms with Crippen LogP contribution in [0.15, 0.2) is 36.5 Å². The van der Waals surface area contributed by atoms with E-state index in [9.17, 15) is 4.79 Å². The molecule has 0 aliphatic carbocycles. The first-order valence-corrected chi connectivity index (χ1v) is 9.46. The molecule has 2 heterocycles. The van der Waals surface area contributed by atoms with E-state index in [1.807, 2.05) is 23.0 Å². The maximum absolute atomic E-state index is 12.4. The maximum Gasteiger partial charge on any atom is 0.272 e. The molecule has 0 bridgehead atoms. The van der Waals surface area contributed by atoms with Crippen molar-refractivity contribution < 1.29 is 4.79 Å². The molecule has 0 radical (unpaired) electrons. The summed E-state index contributed by atoms with van der Waals surface area (Å²) in [6.45, 7) is 6.57. The third-order valence-corrected chi connectivity index (χ3v) is 4.92. The third kappa shape index (κ3) is 6.06. The number of carbonyl (C=O) groups is 1. The summed E-state index contributed by atoms with van der Waals surface area (Å²) in [5.74, 6) is -0.122. The first-order valence-electron chi connectivity index (χ1n) is 9.46. The lowest BCUT2D eigenvalue weighted by Gasteiger charge is -2.22. The number of nitrogens with one attached hydrogen (secondary N) is 2. The molecule has 1 aliphatic rings. The van der Waals surface area contributed by atoms with Gasteiger partial charge in [0.15, 0.2) is 0 Å². The van der Waals surface area contributed by atoms with E-state index in [-0.39, 0.29) is 18.3 Å². The molecule has 2 N–H and O–H groups in total. The summed E-state index contributed by atoms with van der Waals surface area (Å²) in [5.41, 5.74) is 2.85. The minimum Gasteiger partial charge on any atom is -0.347 e. The smallest absolute Gasteiger partial charge is 0.272 e. The van der Waals surface area contributed by atoms with Crippen molar-refractivity contribution in [2.75, 3.05) is 26.7 Å². The van der Waals surface area contributed by atoms with Crippen LogP contribution in [0.5, 0.6) is 0 Å². The Morgan fingerprint density at radius 1 is 1.37 bits per heavy atom. The van der Waals surface area contributed by atoms with Crippen LogP contribution < -0.4 is 10.6 Å². The van der Waals surface area contributed by atoms with Gasteiger partial charge >= 0.3 is 0 Å². The molecule has 1 aromatic carbocycles. The number of nitrogens with zero attached hydrogens (tertiary/aromatic N) is 3. The Morgan fingerprint density at radius 2 is 2.19 bits per heavy atom. The van der Waals surface area contributed by atoms with E-state index in [0.29, 0.717) is 18.3 Å². The summed E-state index contributed by atoms with van der Waals surface area (Å²) >= 11 is 0. The summed E-state index contributed by atoms with van der Waals surface area (Å²) in [6, 6.07) is 10.5. The highest BCUT2D eigenvalue weighted by atomic mass is 35.5. The molecule has 1 saturated heterocycles. The first kappa shape index (κ1) is 21.4. The van der Waals surface area contributed by atoms with Crippen LogP contribution in [-0.4, -0.2) is 47.3 Å². The lowest BCUT2D eigenvalue weighted by atomic mass is 10.1. The van der Waals surface area contributed by atoms with E-state index in [1.165, 1.54) is 5.56 Å². The molecule has 0 spiro atoms. The van der Waals surface area contributed by atoms with Crippen LogP contribution in [0.25, 0.3) is 0 Å². The topological polar surface area (TPSA) is 62.2 Å². The van der Waals surface area contributed by atoms with Gasteiger partial charge in [-0.25, -0.2) is 0 Å². The Hall–Kier alpha value is -1.89. The van der Waals surface area contributed by atoms with Crippen molar-refractivity contribution in [1.29, 1.82) is 0 Å². The van der Waals surface area contributed by atoms with Crippen molar-refractivity contribution >= 4 is 18.3 Å². The van der Waals surface area contributed by atoms with Crippen molar-refractivity contribution in [2.24, 2.45) is 0 Å². The molecule has 3 rings (SSSR count). The molecule has 1 unspecified atom stereocenters. The minimum atomic E-state index is -0.122. The number of piperidine rings is 1. The van der Waals surface area contributed by atoms with Crippen LogP contribution in [-0.2, 0) is 13.1 Å². The Kier molecular flexibility index (Phi) is 8.28. The van der Waals surface area contributed by atoms with E-state index < -0.39 is 0 Å². The molecular formula is C20H30ClN5O. The van der Waals surface area contributed by atoms with E-state index in [2.05, 4.69) is 46.7 Å². The van der Waals surface area contributed by atoms with E-state index in [4.69, 9.17) is 0 Å². The number of hydrogen-bond donors (Lipinski definition) is 2. The number of carbonyl (C=O) groups excluding carboxylic acids is 1. The number of halogens is 1. The van der Waals surface area contributed by atoms with Gasteiger partial charge in [0, 0.05) is 25.8 Å². The molecule has 27 heavy (non-hydrogen) atoms. The van der Waals surface area contributed by atoms with E-state index in [0.717, 1.165) is 44.6 Å². The Balaban J connectivity index is 0.00000261. The zero-order valence-corrected chi connectivity index (χ0v) is 17.0. The van der Waals surface area contributed by atoms with Gasteiger partial charge in [-0.1, -0.05) is 31.2 Å². The highest BCUT2D eigenvalue weighted by molar-refractivity contribution is 5.92. The Labute approximate surface area is 167 Å². The molecule has 7 heteroatoms. The fourth-order valence-electron chi connectivity index (χ4n) is 3.26. The van der Waals surface area contributed by atoms with Crippen molar-refractivity contribution in [2.45, 2.75) is 38.9 Å². The summed E-state index contributed by atoms with van der Waals surface area (Å²) in [4.78, 5) is 14.7. The van der Waals surface area contributed by atoms with Gasteiger partial charge in [-0.05, 0) is 50.2 Å². The summed E-state index contributed by atoms with van der Waals surface area (Å²) in [6.07, 6.45) is 4.16. The van der Waals surface area contributed by atoms with Gasteiger partial charge in [0.2, 0.25) is 0 Å². The van der Waals surface area contributed by atoms with Crippen molar-refractivity contribution in [3.8, 4) is 0 Å².